The number of nitrogens with zero attached hydrogens (tertiary/aromatic N) is 4. The topological polar surface area (TPSA) is 71.4 Å². The van der Waals surface area contributed by atoms with Gasteiger partial charge in [-0.2, -0.15) is 4.98 Å². The average molecular weight is 295 g/mol. The quantitative estimate of drug-likeness (QED) is 0.872. The summed E-state index contributed by atoms with van der Waals surface area (Å²) in [5.41, 5.74) is 6.06. The Morgan fingerprint density at radius 2 is 2.00 bits per heavy atom. The van der Waals surface area contributed by atoms with E-state index in [9.17, 15) is 0 Å². The first-order chi connectivity index (χ1) is 9.88. The molecule has 1 aromatic rings. The van der Waals surface area contributed by atoms with Crippen LogP contribution < -0.4 is 5.73 Å². The second kappa shape index (κ2) is 6.85. The Bertz CT molecular complexity index is 437. The number of hydrogen-bond donors (Lipinski definition) is 1. The summed E-state index contributed by atoms with van der Waals surface area (Å²) >= 11 is 0. The van der Waals surface area contributed by atoms with Gasteiger partial charge in [0.15, 0.2) is 5.82 Å². The Morgan fingerprint density at radius 3 is 2.62 bits per heavy atom. The lowest BCUT2D eigenvalue weighted by molar-refractivity contribution is 0.113. The summed E-state index contributed by atoms with van der Waals surface area (Å²) in [5, 5.41) is 4.17. The predicted molar refractivity (Wildman–Crippen MR) is 83.1 cm³/mol. The molecule has 6 nitrogen and oxygen atoms in total. The third-order valence-corrected chi connectivity index (χ3v) is 4.45. The highest BCUT2D eigenvalue weighted by atomic mass is 16.5. The fraction of sp³-hybridized carbons (Fsp3) is 0.867. The van der Waals surface area contributed by atoms with Crippen molar-refractivity contribution in [3.8, 4) is 0 Å². The summed E-state index contributed by atoms with van der Waals surface area (Å²) in [6, 6.07) is 0.462. The molecule has 1 fully saturated rings. The maximum absolute atomic E-state index is 6.06. The zero-order valence-electron chi connectivity index (χ0n) is 13.9. The number of hydrogen-bond acceptors (Lipinski definition) is 6. The molecule has 1 aliphatic rings. The van der Waals surface area contributed by atoms with Crippen molar-refractivity contribution in [2.45, 2.75) is 45.2 Å². The van der Waals surface area contributed by atoms with Gasteiger partial charge in [-0.1, -0.05) is 19.0 Å². The van der Waals surface area contributed by atoms with E-state index in [2.05, 4.69) is 47.9 Å². The van der Waals surface area contributed by atoms with E-state index in [1.54, 1.807) is 0 Å². The summed E-state index contributed by atoms with van der Waals surface area (Å²) in [6.07, 6.45) is 0.827. The third kappa shape index (κ3) is 4.02. The molecule has 3 atom stereocenters. The first-order valence-electron chi connectivity index (χ1n) is 7.85. The van der Waals surface area contributed by atoms with Gasteiger partial charge >= 0.3 is 0 Å². The van der Waals surface area contributed by atoms with E-state index >= 15 is 0 Å². The average Bonchev–Trinajstić information content (AvgIpc) is 2.81. The lowest BCUT2D eigenvalue weighted by atomic mass is 9.90. The van der Waals surface area contributed by atoms with Crippen molar-refractivity contribution in [2.24, 2.45) is 11.7 Å². The van der Waals surface area contributed by atoms with Gasteiger partial charge in [-0.15, -0.1) is 0 Å². The minimum atomic E-state index is 0.0155. The van der Waals surface area contributed by atoms with Crippen molar-refractivity contribution in [1.82, 2.24) is 19.9 Å². The van der Waals surface area contributed by atoms with Crippen LogP contribution in [0.25, 0.3) is 0 Å². The second-order valence-corrected chi connectivity index (χ2v) is 6.78. The predicted octanol–water partition coefficient (Wildman–Crippen LogP) is 0.945. The van der Waals surface area contributed by atoms with E-state index in [1.807, 2.05) is 6.92 Å². The van der Waals surface area contributed by atoms with E-state index in [0.29, 0.717) is 17.9 Å². The van der Waals surface area contributed by atoms with E-state index in [0.717, 1.165) is 31.9 Å². The molecule has 0 amide bonds. The third-order valence-electron chi connectivity index (χ3n) is 4.45. The van der Waals surface area contributed by atoms with Gasteiger partial charge in [0.05, 0.1) is 5.92 Å². The van der Waals surface area contributed by atoms with Gasteiger partial charge in [0.2, 0.25) is 5.89 Å². The molecule has 0 aliphatic carbocycles. The first-order valence-corrected chi connectivity index (χ1v) is 7.85. The lowest BCUT2D eigenvalue weighted by Crippen LogP contribution is -2.50. The Labute approximate surface area is 127 Å². The summed E-state index contributed by atoms with van der Waals surface area (Å²) < 4.78 is 5.48. The largest absolute Gasteiger partial charge is 0.339 e. The standard InChI is InChI=1S/C15H29N5O/c1-10(2)14(11(3)16)15-17-13(18-21-15)8-12-9-19(4)6-7-20(12)5/h10-12,14H,6-9,16H2,1-5H3. The van der Waals surface area contributed by atoms with Crippen LogP contribution in [0.2, 0.25) is 0 Å². The molecule has 2 N–H and O–H groups in total. The molecule has 0 bridgehead atoms. The van der Waals surface area contributed by atoms with Crippen LogP contribution >= 0.6 is 0 Å². The SMILES string of the molecule is CC(C)C(c1nc(CC2CN(C)CCN2C)no1)C(C)N. The highest BCUT2D eigenvalue weighted by Crippen LogP contribution is 2.26. The molecular formula is C15H29N5O. The summed E-state index contributed by atoms with van der Waals surface area (Å²) in [7, 11) is 4.32. The minimum Gasteiger partial charge on any atom is -0.339 e. The monoisotopic (exact) mass is 295 g/mol. The molecule has 21 heavy (non-hydrogen) atoms. The van der Waals surface area contributed by atoms with Crippen molar-refractivity contribution >= 4 is 0 Å². The van der Waals surface area contributed by atoms with Crippen LogP contribution in [0.4, 0.5) is 0 Å². The van der Waals surface area contributed by atoms with E-state index in [1.165, 1.54) is 0 Å². The first kappa shape index (κ1) is 16.4. The van der Waals surface area contributed by atoms with Crippen LogP contribution in [-0.2, 0) is 6.42 Å². The Hall–Kier alpha value is -0.980. The van der Waals surface area contributed by atoms with Crippen molar-refractivity contribution < 1.29 is 4.52 Å². The normalized spacial score (nSPS) is 24.4. The minimum absolute atomic E-state index is 0.0155. The van der Waals surface area contributed by atoms with E-state index < -0.39 is 0 Å². The van der Waals surface area contributed by atoms with Gasteiger partial charge in [0.25, 0.3) is 0 Å². The summed E-state index contributed by atoms with van der Waals surface area (Å²) in [5.74, 6) is 1.99. The molecule has 120 valence electrons. The van der Waals surface area contributed by atoms with Crippen LogP contribution in [-0.4, -0.2) is 65.8 Å². The summed E-state index contributed by atoms with van der Waals surface area (Å²) in [6.45, 7) is 9.52. The number of likely N-dealkylation sites (N-methyl/N-ethyl adjacent to an activating group) is 2. The highest BCUT2D eigenvalue weighted by Gasteiger charge is 2.28. The molecule has 6 heteroatoms. The molecule has 0 aromatic carbocycles. The maximum Gasteiger partial charge on any atom is 0.231 e. The zero-order chi connectivity index (χ0) is 15.6. The van der Waals surface area contributed by atoms with Crippen LogP contribution in [0, 0.1) is 5.92 Å². The maximum atomic E-state index is 6.06. The smallest absolute Gasteiger partial charge is 0.231 e. The van der Waals surface area contributed by atoms with Crippen LogP contribution in [0.5, 0.6) is 0 Å². The second-order valence-electron chi connectivity index (χ2n) is 6.78. The number of rotatable bonds is 5. The molecule has 0 radical (unpaired) electrons. The van der Waals surface area contributed by atoms with Crippen LogP contribution in [0.3, 0.4) is 0 Å². The molecule has 0 spiro atoms. The molecule has 1 aliphatic heterocycles. The van der Waals surface area contributed by atoms with E-state index in [4.69, 9.17) is 10.3 Å². The fourth-order valence-corrected chi connectivity index (χ4v) is 3.14. The van der Waals surface area contributed by atoms with Gasteiger partial charge in [-0.05, 0) is 26.9 Å². The molecule has 0 saturated carbocycles. The molecule has 2 heterocycles. The Balaban J connectivity index is 2.05. The lowest BCUT2D eigenvalue weighted by Gasteiger charge is -2.37. The van der Waals surface area contributed by atoms with Gasteiger partial charge in [-0.3, -0.25) is 0 Å². The van der Waals surface area contributed by atoms with Crippen molar-refractivity contribution in [1.29, 1.82) is 0 Å². The van der Waals surface area contributed by atoms with Gasteiger partial charge in [0.1, 0.15) is 0 Å². The summed E-state index contributed by atoms with van der Waals surface area (Å²) in [4.78, 5) is 9.33. The van der Waals surface area contributed by atoms with Crippen molar-refractivity contribution in [2.75, 3.05) is 33.7 Å². The zero-order valence-corrected chi connectivity index (χ0v) is 13.9. The van der Waals surface area contributed by atoms with Crippen LogP contribution in [0.15, 0.2) is 4.52 Å². The Morgan fingerprint density at radius 1 is 1.29 bits per heavy atom. The van der Waals surface area contributed by atoms with Crippen LogP contribution in [0.1, 0.15) is 38.4 Å². The van der Waals surface area contributed by atoms with Crippen molar-refractivity contribution in [3.05, 3.63) is 11.7 Å². The fourth-order valence-electron chi connectivity index (χ4n) is 3.14. The number of aromatic nitrogens is 2. The van der Waals surface area contributed by atoms with Gasteiger partial charge in [0, 0.05) is 38.1 Å². The van der Waals surface area contributed by atoms with Crippen molar-refractivity contribution in [3.63, 3.8) is 0 Å². The van der Waals surface area contributed by atoms with E-state index in [-0.39, 0.29) is 12.0 Å². The number of piperazine rings is 1. The Kier molecular flexibility index (Phi) is 5.35. The molecule has 1 aromatic heterocycles. The van der Waals surface area contributed by atoms with Gasteiger partial charge in [-0.25, -0.2) is 0 Å². The highest BCUT2D eigenvalue weighted by molar-refractivity contribution is 5.01. The molecule has 1 saturated heterocycles. The molecule has 3 unspecified atom stereocenters. The number of nitrogens with two attached hydrogens (primary N) is 1. The van der Waals surface area contributed by atoms with Gasteiger partial charge < -0.3 is 20.1 Å². The molecule has 2 rings (SSSR count). The molecular weight excluding hydrogens is 266 g/mol.